The van der Waals surface area contributed by atoms with Crippen LogP contribution in [0.3, 0.4) is 0 Å². The number of fused-ring (bicyclic) bond motifs is 2. The van der Waals surface area contributed by atoms with Gasteiger partial charge in [0.15, 0.2) is 11.5 Å². The van der Waals surface area contributed by atoms with Crippen LogP contribution in [-0.4, -0.2) is 40.6 Å². The van der Waals surface area contributed by atoms with E-state index in [2.05, 4.69) is 12.2 Å². The monoisotopic (exact) mass is 545 g/mol. The Morgan fingerprint density at radius 1 is 1.00 bits per heavy atom. The lowest BCUT2D eigenvalue weighted by Gasteiger charge is -2.15. The molecule has 0 atom stereocenters. The number of nitrogens with one attached hydrogen (secondary N) is 2. The molecule has 3 aromatic heterocycles. The number of hydrogen-bond acceptors (Lipinski definition) is 6. The second-order valence-corrected chi connectivity index (χ2v) is 10.1. The number of ether oxygens (including phenoxy) is 2. The second kappa shape index (κ2) is 13.3. The van der Waals surface area contributed by atoms with E-state index in [1.165, 1.54) is 29.7 Å². The highest BCUT2D eigenvalue weighted by molar-refractivity contribution is 5.96. The van der Waals surface area contributed by atoms with Crippen molar-refractivity contribution in [2.45, 2.75) is 65.3 Å². The Morgan fingerprint density at radius 3 is 2.50 bits per heavy atom. The zero-order valence-electron chi connectivity index (χ0n) is 23.9. The van der Waals surface area contributed by atoms with Gasteiger partial charge in [0.05, 0.1) is 25.2 Å². The Bertz CT molecular complexity index is 1620. The van der Waals surface area contributed by atoms with Crippen molar-refractivity contribution in [2.75, 3.05) is 20.8 Å². The van der Waals surface area contributed by atoms with Gasteiger partial charge in [0.25, 0.3) is 11.5 Å². The number of benzene rings is 1. The first-order valence-corrected chi connectivity index (χ1v) is 14.0. The number of carbonyl (C=O) groups excluding carboxylic acids is 1. The molecule has 40 heavy (non-hydrogen) atoms. The molecule has 4 rings (SSSR count). The smallest absolute Gasteiger partial charge is 0.267 e. The lowest BCUT2D eigenvalue weighted by atomic mass is 10.1. The van der Waals surface area contributed by atoms with Gasteiger partial charge < -0.3 is 19.4 Å². The highest BCUT2D eigenvalue weighted by Gasteiger charge is 2.18. The molecule has 0 radical (unpaired) electrons. The van der Waals surface area contributed by atoms with E-state index in [9.17, 15) is 9.59 Å². The second-order valence-electron chi connectivity index (χ2n) is 10.1. The van der Waals surface area contributed by atoms with Gasteiger partial charge in [-0.2, -0.15) is 0 Å². The predicted molar refractivity (Wildman–Crippen MR) is 157 cm³/mol. The summed E-state index contributed by atoms with van der Waals surface area (Å²) in [6.07, 6.45) is 8.80. The molecule has 2 N–H and O–H groups in total. The molecular weight excluding hydrogens is 506 g/mol. The third-order valence-electron chi connectivity index (χ3n) is 7.26. The molecule has 4 aromatic rings. The molecule has 0 aliphatic carbocycles. The maximum Gasteiger partial charge on any atom is 0.267 e. The molecule has 212 valence electrons. The van der Waals surface area contributed by atoms with Crippen molar-refractivity contribution in [3.05, 3.63) is 75.1 Å². The average molecular weight is 546 g/mol. The number of carbonyl (C=O) groups is 1. The summed E-state index contributed by atoms with van der Waals surface area (Å²) in [6, 6.07) is 10.9. The van der Waals surface area contributed by atoms with Crippen LogP contribution in [0, 0.1) is 12.3 Å². The minimum Gasteiger partial charge on any atom is -0.493 e. The van der Waals surface area contributed by atoms with Crippen molar-refractivity contribution >= 4 is 22.6 Å². The number of unbranched alkanes of at least 4 members (excludes halogenated alkanes) is 5. The quantitative estimate of drug-likeness (QED) is 0.185. The van der Waals surface area contributed by atoms with Gasteiger partial charge in [-0.05, 0) is 55.2 Å². The van der Waals surface area contributed by atoms with E-state index in [-0.39, 0.29) is 16.6 Å². The summed E-state index contributed by atoms with van der Waals surface area (Å²) < 4.78 is 13.9. The maximum atomic E-state index is 13.5. The highest BCUT2D eigenvalue weighted by Crippen LogP contribution is 2.27. The van der Waals surface area contributed by atoms with Crippen LogP contribution in [0.15, 0.2) is 47.4 Å². The summed E-state index contributed by atoms with van der Waals surface area (Å²) >= 11 is 0. The lowest BCUT2D eigenvalue weighted by Crippen LogP contribution is -2.35. The summed E-state index contributed by atoms with van der Waals surface area (Å²) in [5, 5.41) is 12.2. The number of rotatable bonds is 13. The fourth-order valence-electron chi connectivity index (χ4n) is 4.99. The highest BCUT2D eigenvalue weighted by atomic mass is 16.5. The molecule has 0 saturated carbocycles. The molecule has 9 heteroatoms. The van der Waals surface area contributed by atoms with E-state index >= 15 is 0 Å². The van der Waals surface area contributed by atoms with Crippen LogP contribution >= 0.6 is 0 Å². The van der Waals surface area contributed by atoms with Crippen molar-refractivity contribution in [1.29, 1.82) is 5.41 Å². The van der Waals surface area contributed by atoms with Crippen LogP contribution < -0.4 is 25.8 Å². The number of amides is 1. The van der Waals surface area contributed by atoms with Crippen molar-refractivity contribution in [2.24, 2.45) is 0 Å². The Hall–Kier alpha value is -4.14. The summed E-state index contributed by atoms with van der Waals surface area (Å²) in [4.78, 5) is 31.7. The maximum absolute atomic E-state index is 13.5. The van der Waals surface area contributed by atoms with E-state index in [0.29, 0.717) is 47.7 Å². The number of aryl methyl sites for hydroxylation is 2. The van der Waals surface area contributed by atoms with Gasteiger partial charge in [-0.3, -0.25) is 19.4 Å². The summed E-state index contributed by atoms with van der Waals surface area (Å²) in [6.45, 7) is 4.98. The minimum atomic E-state index is -0.391. The number of nitrogens with zero attached hydrogens (tertiary/aromatic N) is 3. The van der Waals surface area contributed by atoms with Crippen molar-refractivity contribution in [3.63, 3.8) is 0 Å². The molecule has 0 spiro atoms. The Balaban J connectivity index is 1.64. The molecule has 0 fully saturated rings. The Kier molecular flexibility index (Phi) is 9.58. The van der Waals surface area contributed by atoms with Gasteiger partial charge in [-0.1, -0.05) is 51.2 Å². The van der Waals surface area contributed by atoms with Gasteiger partial charge >= 0.3 is 0 Å². The molecule has 1 aromatic carbocycles. The van der Waals surface area contributed by atoms with Gasteiger partial charge in [-0.25, -0.2) is 4.98 Å². The Labute approximate surface area is 234 Å². The number of aromatic nitrogens is 3. The SMILES string of the molecule is CCCCCCCCn1c(=N)c(C(=O)NCCc2ccc(OC)c(OC)c2)cc2c(=O)n3cccc(C)c3nc21. The van der Waals surface area contributed by atoms with Gasteiger partial charge in [0, 0.05) is 19.3 Å². The van der Waals surface area contributed by atoms with Crippen LogP contribution in [0.5, 0.6) is 11.5 Å². The largest absolute Gasteiger partial charge is 0.493 e. The topological polar surface area (TPSA) is 111 Å². The fraction of sp³-hybridized carbons (Fsp3) is 0.419. The lowest BCUT2D eigenvalue weighted by molar-refractivity contribution is 0.0951. The molecule has 0 saturated heterocycles. The molecule has 0 aliphatic heterocycles. The molecule has 0 aliphatic rings. The van der Waals surface area contributed by atoms with Gasteiger partial charge in [-0.15, -0.1) is 0 Å². The van der Waals surface area contributed by atoms with Crippen molar-refractivity contribution in [1.82, 2.24) is 19.3 Å². The normalized spacial score (nSPS) is 11.2. The van der Waals surface area contributed by atoms with Crippen LogP contribution in [-0.2, 0) is 13.0 Å². The van der Waals surface area contributed by atoms with Crippen molar-refractivity contribution < 1.29 is 14.3 Å². The summed E-state index contributed by atoms with van der Waals surface area (Å²) in [5.74, 6) is 0.876. The van der Waals surface area contributed by atoms with Gasteiger partial charge in [0.2, 0.25) is 0 Å². The predicted octanol–water partition coefficient (Wildman–Crippen LogP) is 4.79. The van der Waals surface area contributed by atoms with Crippen LogP contribution in [0.25, 0.3) is 16.7 Å². The van der Waals surface area contributed by atoms with E-state index < -0.39 is 5.91 Å². The molecule has 3 heterocycles. The molecule has 1 amide bonds. The fourth-order valence-corrected chi connectivity index (χ4v) is 4.99. The standard InChI is InChI=1S/C31H39N5O4/c1-5-6-7-8-9-10-17-35-27(32)23(20-24-29(35)34-28-21(2)12-11-18-36(28)31(24)38)30(37)33-16-15-22-13-14-25(39-3)26(19-22)40-4/h11-14,18-20,32H,5-10,15-17H2,1-4H3,(H,33,37). The zero-order valence-corrected chi connectivity index (χ0v) is 23.9. The first-order chi connectivity index (χ1) is 19.4. The first-order valence-electron chi connectivity index (χ1n) is 14.0. The van der Waals surface area contributed by atoms with Crippen LogP contribution in [0.1, 0.15) is 66.9 Å². The minimum absolute atomic E-state index is 0.0644. The van der Waals surface area contributed by atoms with Crippen molar-refractivity contribution in [3.8, 4) is 11.5 Å². The van der Waals surface area contributed by atoms with E-state index in [4.69, 9.17) is 19.9 Å². The molecule has 9 nitrogen and oxygen atoms in total. The molecular formula is C31H39N5O4. The third-order valence-corrected chi connectivity index (χ3v) is 7.26. The third kappa shape index (κ3) is 6.19. The van der Waals surface area contributed by atoms with E-state index in [0.717, 1.165) is 30.4 Å². The zero-order chi connectivity index (χ0) is 28.6. The van der Waals surface area contributed by atoms with E-state index in [1.54, 1.807) is 25.0 Å². The van der Waals surface area contributed by atoms with E-state index in [1.807, 2.05) is 37.3 Å². The Morgan fingerprint density at radius 2 is 1.75 bits per heavy atom. The summed E-state index contributed by atoms with van der Waals surface area (Å²) in [5.41, 5.74) is 2.83. The molecule has 0 bridgehead atoms. The summed E-state index contributed by atoms with van der Waals surface area (Å²) in [7, 11) is 3.17. The first kappa shape index (κ1) is 28.9. The number of hydrogen-bond donors (Lipinski definition) is 2. The van der Waals surface area contributed by atoms with Gasteiger partial charge in [0.1, 0.15) is 16.8 Å². The average Bonchev–Trinajstić information content (AvgIpc) is 2.96. The number of pyridine rings is 2. The van der Waals surface area contributed by atoms with Crippen LogP contribution in [0.2, 0.25) is 0 Å². The van der Waals surface area contributed by atoms with Crippen LogP contribution in [0.4, 0.5) is 0 Å². The number of methoxy groups -OCH3 is 2. The molecule has 0 unspecified atom stereocenters.